The van der Waals surface area contributed by atoms with Crippen LogP contribution in [0.1, 0.15) is 31.5 Å². The summed E-state index contributed by atoms with van der Waals surface area (Å²) in [5.41, 5.74) is 1.87. The Morgan fingerprint density at radius 2 is 1.95 bits per heavy atom. The molecule has 0 N–H and O–H groups in total. The smallest absolute Gasteiger partial charge is 0.200 e. The summed E-state index contributed by atoms with van der Waals surface area (Å²) in [6.07, 6.45) is 1.60. The lowest BCUT2D eigenvalue weighted by atomic mass is 10.3. The molecular weight excluding hydrogens is 318 g/mol. The third-order valence-electron chi connectivity index (χ3n) is 3.28. The van der Waals surface area contributed by atoms with Crippen molar-refractivity contribution in [2.45, 2.75) is 44.0 Å². The first-order valence-electron chi connectivity index (χ1n) is 6.94. The molecule has 0 saturated carbocycles. The van der Waals surface area contributed by atoms with E-state index in [0.717, 1.165) is 16.4 Å². The Kier molecular flexibility index (Phi) is 4.58. The maximum Gasteiger partial charge on any atom is 0.200 e. The highest BCUT2D eigenvalue weighted by molar-refractivity contribution is 7.92. The summed E-state index contributed by atoms with van der Waals surface area (Å²) < 4.78 is 23.8. The lowest BCUT2D eigenvalue weighted by Gasteiger charge is -2.20. The quantitative estimate of drug-likeness (QED) is 0.856. The van der Waals surface area contributed by atoms with Crippen molar-refractivity contribution < 1.29 is 8.42 Å². The number of aryl methyl sites for hydroxylation is 1. The number of rotatable bonds is 4. The summed E-state index contributed by atoms with van der Waals surface area (Å²) in [7, 11) is -1.48. The highest BCUT2D eigenvalue weighted by Crippen LogP contribution is 2.25. The molecule has 2 aromatic rings. The van der Waals surface area contributed by atoms with Gasteiger partial charge in [-0.1, -0.05) is 0 Å². The molecule has 0 unspecified atom stereocenters. The number of anilines is 1. The number of pyridine rings is 1. The Balaban J connectivity index is 2.18. The van der Waals surface area contributed by atoms with E-state index in [-0.39, 0.29) is 5.03 Å². The average molecular weight is 339 g/mol. The molecule has 0 aliphatic heterocycles. The fraction of sp³-hybridized carbons (Fsp3) is 0.467. The van der Waals surface area contributed by atoms with Crippen LogP contribution >= 0.6 is 11.3 Å². The molecule has 0 aliphatic rings. The maximum absolute atomic E-state index is 12.3. The van der Waals surface area contributed by atoms with Gasteiger partial charge in [0.2, 0.25) is 0 Å². The van der Waals surface area contributed by atoms with Crippen molar-refractivity contribution in [2.75, 3.05) is 11.9 Å². The lowest BCUT2D eigenvalue weighted by molar-refractivity contribution is 0.556. The van der Waals surface area contributed by atoms with Gasteiger partial charge in [-0.25, -0.2) is 18.4 Å². The summed E-state index contributed by atoms with van der Waals surface area (Å²) in [6, 6.07) is 3.35. The van der Waals surface area contributed by atoms with E-state index in [9.17, 15) is 8.42 Å². The van der Waals surface area contributed by atoms with Crippen LogP contribution in [0.25, 0.3) is 0 Å². The molecule has 0 spiro atoms. The fourth-order valence-electron chi connectivity index (χ4n) is 1.84. The van der Waals surface area contributed by atoms with Crippen LogP contribution in [0, 0.1) is 6.92 Å². The van der Waals surface area contributed by atoms with Crippen LogP contribution in [0.15, 0.2) is 28.7 Å². The first-order chi connectivity index (χ1) is 10.1. The Morgan fingerprint density at radius 3 is 2.41 bits per heavy atom. The van der Waals surface area contributed by atoms with E-state index >= 15 is 0 Å². The first-order valence-corrected chi connectivity index (χ1v) is 9.30. The van der Waals surface area contributed by atoms with Gasteiger partial charge in [0.15, 0.2) is 14.9 Å². The molecule has 5 nitrogen and oxygen atoms in total. The molecule has 120 valence electrons. The van der Waals surface area contributed by atoms with Crippen molar-refractivity contribution in [1.82, 2.24) is 9.97 Å². The van der Waals surface area contributed by atoms with Gasteiger partial charge in [-0.15, -0.1) is 11.3 Å². The Morgan fingerprint density at radius 1 is 1.27 bits per heavy atom. The molecule has 2 aromatic heterocycles. The number of thiazole rings is 1. The highest BCUT2D eigenvalue weighted by atomic mass is 32.2. The molecule has 0 saturated heterocycles. The molecule has 0 amide bonds. The average Bonchev–Trinajstić information content (AvgIpc) is 2.83. The predicted octanol–water partition coefficient (Wildman–Crippen LogP) is 3.06. The van der Waals surface area contributed by atoms with Gasteiger partial charge in [0.1, 0.15) is 5.01 Å². The highest BCUT2D eigenvalue weighted by Gasteiger charge is 2.32. The van der Waals surface area contributed by atoms with E-state index in [0.29, 0.717) is 6.54 Å². The number of hydrogen-bond donors (Lipinski definition) is 0. The third kappa shape index (κ3) is 3.47. The summed E-state index contributed by atoms with van der Waals surface area (Å²) in [4.78, 5) is 10.6. The van der Waals surface area contributed by atoms with Gasteiger partial charge in [-0.05, 0) is 39.8 Å². The summed E-state index contributed by atoms with van der Waals surface area (Å²) in [5.74, 6) is 0. The molecule has 7 heteroatoms. The van der Waals surface area contributed by atoms with E-state index in [2.05, 4.69) is 9.97 Å². The van der Waals surface area contributed by atoms with Gasteiger partial charge in [-0.3, -0.25) is 0 Å². The molecule has 22 heavy (non-hydrogen) atoms. The van der Waals surface area contributed by atoms with Crippen molar-refractivity contribution in [1.29, 1.82) is 0 Å². The van der Waals surface area contributed by atoms with Crippen molar-refractivity contribution in [2.24, 2.45) is 0 Å². The Bertz CT molecular complexity index is 744. The number of hydrogen-bond acceptors (Lipinski definition) is 6. The van der Waals surface area contributed by atoms with Crippen LogP contribution in [-0.2, 0) is 16.4 Å². The zero-order chi connectivity index (χ0) is 16.5. The Labute approximate surface area is 136 Å². The zero-order valence-electron chi connectivity index (χ0n) is 13.5. The second-order valence-electron chi connectivity index (χ2n) is 6.21. The summed E-state index contributed by atoms with van der Waals surface area (Å²) in [6.45, 7) is 7.66. The molecule has 2 heterocycles. The van der Waals surface area contributed by atoms with Crippen LogP contribution in [0.2, 0.25) is 0 Å². The molecule has 0 atom stereocenters. The van der Waals surface area contributed by atoms with E-state index in [4.69, 9.17) is 0 Å². The minimum absolute atomic E-state index is 0.113. The van der Waals surface area contributed by atoms with Crippen molar-refractivity contribution in [3.63, 3.8) is 0 Å². The molecular formula is C15H21N3O2S2. The van der Waals surface area contributed by atoms with Crippen molar-refractivity contribution >= 4 is 26.9 Å². The van der Waals surface area contributed by atoms with E-state index < -0.39 is 14.6 Å². The molecule has 0 bridgehead atoms. The third-order valence-corrected chi connectivity index (χ3v) is 6.64. The standard InChI is InChI=1S/C15H21N3O2S2/c1-11-10-21-13(17-11)9-18(5)12-6-7-14(16-8-12)22(19,20)15(2,3)4/h6-8,10H,9H2,1-5H3. The molecule has 0 aromatic carbocycles. The van der Waals surface area contributed by atoms with E-state index in [1.807, 2.05) is 24.3 Å². The second kappa shape index (κ2) is 5.96. The van der Waals surface area contributed by atoms with Gasteiger partial charge in [0.25, 0.3) is 0 Å². The SMILES string of the molecule is Cc1csc(CN(C)c2ccc(S(=O)(=O)C(C)(C)C)nc2)n1. The molecule has 0 aliphatic carbocycles. The van der Waals surface area contributed by atoms with Gasteiger partial charge in [0.05, 0.1) is 23.2 Å². The monoisotopic (exact) mass is 339 g/mol. The predicted molar refractivity (Wildman–Crippen MR) is 90.1 cm³/mol. The van der Waals surface area contributed by atoms with Gasteiger partial charge in [0, 0.05) is 18.1 Å². The largest absolute Gasteiger partial charge is 0.367 e. The van der Waals surface area contributed by atoms with Gasteiger partial charge < -0.3 is 4.90 Å². The summed E-state index contributed by atoms with van der Waals surface area (Å²) in [5, 5.41) is 3.15. The second-order valence-corrected chi connectivity index (χ2v) is 9.80. The van der Waals surface area contributed by atoms with E-state index in [1.54, 1.807) is 50.4 Å². The number of sulfone groups is 1. The maximum atomic E-state index is 12.3. The minimum atomic E-state index is -3.41. The van der Waals surface area contributed by atoms with Crippen LogP contribution in [0.3, 0.4) is 0 Å². The normalized spacial score (nSPS) is 12.4. The number of aromatic nitrogens is 2. The van der Waals surface area contributed by atoms with Crippen molar-refractivity contribution in [3.05, 3.63) is 34.4 Å². The van der Waals surface area contributed by atoms with Crippen LogP contribution in [0.5, 0.6) is 0 Å². The van der Waals surface area contributed by atoms with Gasteiger partial charge in [-0.2, -0.15) is 0 Å². The molecule has 0 fully saturated rings. The van der Waals surface area contributed by atoms with Crippen LogP contribution < -0.4 is 4.90 Å². The summed E-state index contributed by atoms with van der Waals surface area (Å²) >= 11 is 1.61. The van der Waals surface area contributed by atoms with Crippen molar-refractivity contribution in [3.8, 4) is 0 Å². The lowest BCUT2D eigenvalue weighted by Crippen LogP contribution is -2.28. The van der Waals surface area contributed by atoms with Crippen LogP contribution in [0.4, 0.5) is 5.69 Å². The minimum Gasteiger partial charge on any atom is -0.367 e. The molecule has 2 rings (SSSR count). The fourth-order valence-corrected chi connectivity index (χ4v) is 3.73. The molecule has 0 radical (unpaired) electrons. The number of nitrogens with zero attached hydrogens (tertiary/aromatic N) is 3. The Hall–Kier alpha value is -1.47. The van der Waals surface area contributed by atoms with Crippen LogP contribution in [-0.4, -0.2) is 30.2 Å². The van der Waals surface area contributed by atoms with Gasteiger partial charge >= 0.3 is 0 Å². The zero-order valence-corrected chi connectivity index (χ0v) is 15.1. The topological polar surface area (TPSA) is 63.2 Å². The first kappa shape index (κ1) is 16.9. The van der Waals surface area contributed by atoms with E-state index in [1.165, 1.54) is 0 Å².